The average Bonchev–Trinajstić information content (AvgIpc) is 3.06. The number of hydrogen-bond acceptors (Lipinski definition) is 5. The molecule has 6 nitrogen and oxygen atoms in total. The lowest BCUT2D eigenvalue weighted by atomic mass is 10.1. The summed E-state index contributed by atoms with van der Waals surface area (Å²) in [6.45, 7) is 3.88. The first-order chi connectivity index (χ1) is 12.5. The van der Waals surface area contributed by atoms with Crippen molar-refractivity contribution in [3.63, 3.8) is 0 Å². The van der Waals surface area contributed by atoms with Crippen LogP contribution in [0.4, 0.5) is 10.8 Å². The van der Waals surface area contributed by atoms with Crippen LogP contribution in [0.15, 0.2) is 36.4 Å². The zero-order chi connectivity index (χ0) is 18.3. The molecule has 4 rings (SSSR count). The molecule has 3 aromatic rings. The number of aromatic nitrogens is 1. The fourth-order valence-corrected chi connectivity index (χ4v) is 3.97. The number of ether oxygens (including phenoxy) is 1. The minimum atomic E-state index is -0.288. The van der Waals surface area contributed by atoms with Gasteiger partial charge in [-0.3, -0.25) is 14.5 Å². The van der Waals surface area contributed by atoms with E-state index in [-0.39, 0.29) is 25.0 Å². The van der Waals surface area contributed by atoms with Gasteiger partial charge in [-0.05, 0) is 37.1 Å². The molecule has 1 aliphatic heterocycles. The normalized spacial score (nSPS) is 13.5. The van der Waals surface area contributed by atoms with Crippen molar-refractivity contribution in [3.8, 4) is 5.75 Å². The molecule has 1 N–H and O–H groups in total. The summed E-state index contributed by atoms with van der Waals surface area (Å²) in [6, 6.07) is 11.3. The van der Waals surface area contributed by atoms with E-state index in [0.717, 1.165) is 21.3 Å². The Morgan fingerprint density at radius 1 is 1.23 bits per heavy atom. The molecule has 7 heteroatoms. The van der Waals surface area contributed by atoms with Crippen LogP contribution in [0.25, 0.3) is 10.2 Å². The smallest absolute Gasteiger partial charge is 0.265 e. The van der Waals surface area contributed by atoms with Gasteiger partial charge in [0.2, 0.25) is 5.91 Å². The Labute approximate surface area is 154 Å². The van der Waals surface area contributed by atoms with E-state index in [1.807, 2.05) is 38.1 Å². The number of rotatable bonds is 3. The van der Waals surface area contributed by atoms with E-state index in [1.165, 1.54) is 16.2 Å². The SMILES string of the molecule is Cc1ccc(C)c2sc(NC(=O)CN3C(=O)COc4ccccc43)nc12. The minimum absolute atomic E-state index is 0.0657. The Balaban J connectivity index is 1.55. The molecule has 2 heterocycles. The summed E-state index contributed by atoms with van der Waals surface area (Å²) in [7, 11) is 0. The fourth-order valence-electron chi connectivity index (χ4n) is 2.94. The third-order valence-electron chi connectivity index (χ3n) is 4.30. The zero-order valence-electron chi connectivity index (χ0n) is 14.4. The van der Waals surface area contributed by atoms with Gasteiger partial charge in [0, 0.05) is 0 Å². The van der Waals surface area contributed by atoms with Gasteiger partial charge in [-0.1, -0.05) is 35.6 Å². The highest BCUT2D eigenvalue weighted by molar-refractivity contribution is 7.22. The molecule has 0 saturated heterocycles. The van der Waals surface area contributed by atoms with Gasteiger partial charge in [0.15, 0.2) is 11.7 Å². The number of hydrogen-bond donors (Lipinski definition) is 1. The maximum Gasteiger partial charge on any atom is 0.265 e. The predicted molar refractivity (Wildman–Crippen MR) is 102 cm³/mol. The first-order valence-corrected chi connectivity index (χ1v) is 9.03. The number of anilines is 2. The highest BCUT2D eigenvalue weighted by Gasteiger charge is 2.27. The molecule has 1 aliphatic rings. The van der Waals surface area contributed by atoms with Gasteiger partial charge in [0.05, 0.1) is 15.9 Å². The predicted octanol–water partition coefficient (Wildman–Crippen LogP) is 3.28. The summed E-state index contributed by atoms with van der Waals surface area (Å²) in [4.78, 5) is 30.7. The summed E-state index contributed by atoms with van der Waals surface area (Å²) in [5.74, 6) is 0.0744. The van der Waals surface area contributed by atoms with Crippen molar-refractivity contribution in [1.29, 1.82) is 0 Å². The van der Waals surface area contributed by atoms with Gasteiger partial charge >= 0.3 is 0 Å². The number of carbonyl (C=O) groups excluding carboxylic acids is 2. The lowest BCUT2D eigenvalue weighted by Gasteiger charge is -2.28. The Morgan fingerprint density at radius 2 is 2.00 bits per heavy atom. The monoisotopic (exact) mass is 367 g/mol. The number of fused-ring (bicyclic) bond motifs is 2. The second kappa shape index (κ2) is 6.42. The van der Waals surface area contributed by atoms with Crippen LogP contribution in [0, 0.1) is 13.8 Å². The molecule has 0 radical (unpaired) electrons. The van der Waals surface area contributed by atoms with Crippen molar-refractivity contribution in [2.75, 3.05) is 23.4 Å². The number of carbonyl (C=O) groups is 2. The van der Waals surface area contributed by atoms with E-state index < -0.39 is 0 Å². The van der Waals surface area contributed by atoms with Crippen molar-refractivity contribution >= 4 is 44.2 Å². The van der Waals surface area contributed by atoms with Crippen molar-refractivity contribution < 1.29 is 14.3 Å². The van der Waals surface area contributed by atoms with Gasteiger partial charge in [-0.15, -0.1) is 0 Å². The number of amides is 2. The molecule has 0 atom stereocenters. The standard InChI is InChI=1S/C19H17N3O3S/c1-11-7-8-12(2)18-17(11)21-19(26-18)20-15(23)9-22-13-5-3-4-6-14(13)25-10-16(22)24/h3-8H,9-10H2,1-2H3,(H,20,21,23). The molecule has 2 amide bonds. The quantitative estimate of drug-likeness (QED) is 0.771. The molecular formula is C19H17N3O3S. The molecule has 0 spiro atoms. The molecule has 1 aromatic heterocycles. The third kappa shape index (κ3) is 2.90. The average molecular weight is 367 g/mol. The van der Waals surface area contributed by atoms with E-state index in [9.17, 15) is 9.59 Å². The van der Waals surface area contributed by atoms with Gasteiger partial charge < -0.3 is 10.1 Å². The lowest BCUT2D eigenvalue weighted by molar-refractivity contribution is -0.123. The molecule has 26 heavy (non-hydrogen) atoms. The van der Waals surface area contributed by atoms with Gasteiger partial charge in [-0.2, -0.15) is 0 Å². The number of para-hydroxylation sites is 2. The Bertz CT molecular complexity index is 989. The van der Waals surface area contributed by atoms with Crippen molar-refractivity contribution in [3.05, 3.63) is 47.5 Å². The third-order valence-corrected chi connectivity index (χ3v) is 5.40. The molecule has 0 fully saturated rings. The topological polar surface area (TPSA) is 71.5 Å². The van der Waals surface area contributed by atoms with Gasteiger partial charge in [0.25, 0.3) is 5.91 Å². The molecule has 0 saturated carbocycles. The summed E-state index contributed by atoms with van der Waals surface area (Å²) in [5.41, 5.74) is 3.70. The molecule has 0 aliphatic carbocycles. The fraction of sp³-hybridized carbons (Fsp3) is 0.211. The minimum Gasteiger partial charge on any atom is -0.482 e. The lowest BCUT2D eigenvalue weighted by Crippen LogP contribution is -2.43. The van der Waals surface area contributed by atoms with Crippen LogP contribution in [-0.2, 0) is 9.59 Å². The van der Waals surface area contributed by atoms with Crippen LogP contribution >= 0.6 is 11.3 Å². The van der Waals surface area contributed by atoms with Gasteiger partial charge in [0.1, 0.15) is 12.3 Å². The van der Waals surface area contributed by atoms with E-state index in [4.69, 9.17) is 4.74 Å². The Hall–Kier alpha value is -2.93. The zero-order valence-corrected chi connectivity index (χ0v) is 15.2. The Morgan fingerprint density at radius 3 is 2.81 bits per heavy atom. The largest absolute Gasteiger partial charge is 0.482 e. The van der Waals surface area contributed by atoms with E-state index >= 15 is 0 Å². The number of nitrogens with one attached hydrogen (secondary N) is 1. The number of benzene rings is 2. The summed E-state index contributed by atoms with van der Waals surface area (Å²) in [5, 5.41) is 3.36. The van der Waals surface area contributed by atoms with Crippen molar-refractivity contribution in [2.45, 2.75) is 13.8 Å². The summed E-state index contributed by atoms with van der Waals surface area (Å²) >= 11 is 1.44. The van der Waals surface area contributed by atoms with Crippen LogP contribution in [0.5, 0.6) is 5.75 Å². The van der Waals surface area contributed by atoms with Crippen LogP contribution in [0.1, 0.15) is 11.1 Å². The molecule has 2 aromatic carbocycles. The second-order valence-corrected chi connectivity index (χ2v) is 7.18. The number of aryl methyl sites for hydroxylation is 2. The maximum absolute atomic E-state index is 12.5. The summed E-state index contributed by atoms with van der Waals surface area (Å²) < 4.78 is 6.46. The van der Waals surface area contributed by atoms with E-state index in [0.29, 0.717) is 16.6 Å². The summed E-state index contributed by atoms with van der Waals surface area (Å²) in [6.07, 6.45) is 0. The maximum atomic E-state index is 12.5. The van der Waals surface area contributed by atoms with Gasteiger partial charge in [-0.25, -0.2) is 4.98 Å². The number of nitrogens with zero attached hydrogens (tertiary/aromatic N) is 2. The molecule has 0 bridgehead atoms. The van der Waals surface area contributed by atoms with E-state index in [2.05, 4.69) is 10.3 Å². The van der Waals surface area contributed by atoms with Crippen LogP contribution in [-0.4, -0.2) is 29.9 Å². The van der Waals surface area contributed by atoms with E-state index in [1.54, 1.807) is 12.1 Å². The molecular weight excluding hydrogens is 350 g/mol. The molecule has 132 valence electrons. The first kappa shape index (κ1) is 16.5. The van der Waals surface area contributed by atoms with Crippen LogP contribution in [0.2, 0.25) is 0 Å². The first-order valence-electron chi connectivity index (χ1n) is 8.22. The molecule has 0 unspecified atom stereocenters. The Kier molecular flexibility index (Phi) is 4.08. The van der Waals surface area contributed by atoms with Crippen LogP contribution < -0.4 is 15.0 Å². The van der Waals surface area contributed by atoms with Crippen LogP contribution in [0.3, 0.4) is 0 Å². The van der Waals surface area contributed by atoms with Crippen molar-refractivity contribution in [2.24, 2.45) is 0 Å². The highest BCUT2D eigenvalue weighted by Crippen LogP contribution is 2.32. The highest BCUT2D eigenvalue weighted by atomic mass is 32.1. The number of thiazole rings is 1. The van der Waals surface area contributed by atoms with Crippen molar-refractivity contribution in [1.82, 2.24) is 4.98 Å². The second-order valence-electron chi connectivity index (χ2n) is 6.18.